The number of aromatic nitrogens is 3. The van der Waals surface area contributed by atoms with Crippen LogP contribution in [-0.2, 0) is 0 Å². The summed E-state index contributed by atoms with van der Waals surface area (Å²) in [6.07, 6.45) is 9.95. The number of benzene rings is 3. The number of rotatable bonds is 3. The summed E-state index contributed by atoms with van der Waals surface area (Å²) >= 11 is 0. The van der Waals surface area contributed by atoms with Crippen LogP contribution in [0.1, 0.15) is 11.1 Å². The molecule has 0 bridgehead atoms. The van der Waals surface area contributed by atoms with E-state index in [2.05, 4.69) is 99.9 Å². The molecule has 152 valence electrons. The van der Waals surface area contributed by atoms with Gasteiger partial charge in [0.2, 0.25) is 0 Å². The molecule has 4 nitrogen and oxygen atoms in total. The summed E-state index contributed by atoms with van der Waals surface area (Å²) in [6, 6.07) is 31.5. The first-order chi connectivity index (χ1) is 15.9. The molecule has 0 atom stereocenters. The van der Waals surface area contributed by atoms with Gasteiger partial charge in [0.1, 0.15) is 5.82 Å². The van der Waals surface area contributed by atoms with E-state index in [-0.39, 0.29) is 0 Å². The summed E-state index contributed by atoms with van der Waals surface area (Å²) in [4.78, 5) is 6.92. The van der Waals surface area contributed by atoms with Crippen molar-refractivity contribution in [2.75, 3.05) is 4.90 Å². The Balaban J connectivity index is 1.53. The molecule has 0 saturated carbocycles. The molecular formula is C28H20N4. The maximum Gasteiger partial charge on any atom is 0.137 e. The summed E-state index contributed by atoms with van der Waals surface area (Å²) in [6.45, 7) is 0. The lowest BCUT2D eigenvalue weighted by Crippen LogP contribution is -2.13. The Bertz CT molecular complexity index is 1420. The quantitative estimate of drug-likeness (QED) is 0.317. The maximum atomic E-state index is 4.68. The van der Waals surface area contributed by atoms with Crippen molar-refractivity contribution < 1.29 is 0 Å². The molecule has 0 N–H and O–H groups in total. The van der Waals surface area contributed by atoms with Crippen LogP contribution < -0.4 is 4.90 Å². The third-order valence-corrected chi connectivity index (χ3v) is 5.72. The van der Waals surface area contributed by atoms with Gasteiger partial charge in [0.05, 0.1) is 17.1 Å². The molecule has 3 heterocycles. The second-order valence-electron chi connectivity index (χ2n) is 7.69. The minimum absolute atomic E-state index is 0.896. The van der Waals surface area contributed by atoms with Crippen LogP contribution in [0.5, 0.6) is 0 Å². The van der Waals surface area contributed by atoms with Crippen molar-refractivity contribution >= 4 is 29.3 Å². The summed E-state index contributed by atoms with van der Waals surface area (Å²) in [5.41, 5.74) is 7.86. The van der Waals surface area contributed by atoms with Gasteiger partial charge in [-0.05, 0) is 64.7 Å². The van der Waals surface area contributed by atoms with Crippen molar-refractivity contribution in [2.45, 2.75) is 0 Å². The summed E-state index contributed by atoms with van der Waals surface area (Å²) in [7, 11) is 0. The minimum atomic E-state index is 0.896. The number of anilines is 3. The van der Waals surface area contributed by atoms with E-state index in [1.165, 1.54) is 0 Å². The lowest BCUT2D eigenvalue weighted by atomic mass is 10.0. The van der Waals surface area contributed by atoms with Crippen molar-refractivity contribution in [3.05, 3.63) is 121 Å². The van der Waals surface area contributed by atoms with E-state index in [1.807, 2.05) is 35.3 Å². The minimum Gasteiger partial charge on any atom is -0.294 e. The van der Waals surface area contributed by atoms with Crippen molar-refractivity contribution in [3.8, 4) is 16.8 Å². The number of pyridine rings is 1. The summed E-state index contributed by atoms with van der Waals surface area (Å²) in [5, 5.41) is 4.37. The van der Waals surface area contributed by atoms with Crippen LogP contribution in [-0.4, -0.2) is 14.8 Å². The van der Waals surface area contributed by atoms with Gasteiger partial charge in [-0.25, -0.2) is 9.67 Å². The van der Waals surface area contributed by atoms with Gasteiger partial charge < -0.3 is 0 Å². The zero-order valence-corrected chi connectivity index (χ0v) is 17.3. The molecule has 2 aromatic heterocycles. The molecule has 0 saturated heterocycles. The zero-order valence-electron chi connectivity index (χ0n) is 17.3. The Hall–Kier alpha value is -4.44. The molecule has 4 heteroatoms. The van der Waals surface area contributed by atoms with Crippen LogP contribution >= 0.6 is 0 Å². The average Bonchev–Trinajstić information content (AvgIpc) is 3.34. The average molecular weight is 412 g/mol. The van der Waals surface area contributed by atoms with Crippen LogP contribution in [0.4, 0.5) is 17.2 Å². The largest absolute Gasteiger partial charge is 0.294 e. The Labute approximate surface area is 186 Å². The molecule has 1 aliphatic rings. The Morgan fingerprint density at radius 1 is 0.594 bits per heavy atom. The second-order valence-corrected chi connectivity index (χ2v) is 7.69. The predicted octanol–water partition coefficient (Wildman–Crippen LogP) is 6.89. The number of hydrogen-bond acceptors (Lipinski definition) is 3. The normalized spacial score (nSPS) is 12.2. The third kappa shape index (κ3) is 3.19. The first-order valence-electron chi connectivity index (χ1n) is 10.6. The first kappa shape index (κ1) is 18.3. The first-order valence-corrected chi connectivity index (χ1v) is 10.6. The maximum absolute atomic E-state index is 4.68. The van der Waals surface area contributed by atoms with Gasteiger partial charge in [-0.3, -0.25) is 4.90 Å². The van der Waals surface area contributed by atoms with Crippen LogP contribution in [0.25, 0.3) is 29.0 Å². The Morgan fingerprint density at radius 3 is 2.28 bits per heavy atom. The molecule has 0 fully saturated rings. The third-order valence-electron chi connectivity index (χ3n) is 5.72. The highest BCUT2D eigenvalue weighted by atomic mass is 15.3. The number of fused-ring (bicyclic) bond motifs is 2. The molecule has 3 aromatic carbocycles. The lowest BCUT2D eigenvalue weighted by molar-refractivity contribution is 0.881. The van der Waals surface area contributed by atoms with Gasteiger partial charge in [-0.1, -0.05) is 60.7 Å². The topological polar surface area (TPSA) is 34.0 Å². The van der Waals surface area contributed by atoms with Crippen molar-refractivity contribution in [1.29, 1.82) is 0 Å². The van der Waals surface area contributed by atoms with E-state index in [0.29, 0.717) is 0 Å². The fraction of sp³-hybridized carbons (Fsp3) is 0. The monoisotopic (exact) mass is 412 g/mol. The fourth-order valence-corrected chi connectivity index (χ4v) is 4.18. The Morgan fingerprint density at radius 2 is 1.44 bits per heavy atom. The Kier molecular flexibility index (Phi) is 4.40. The van der Waals surface area contributed by atoms with Crippen molar-refractivity contribution in [2.24, 2.45) is 0 Å². The van der Waals surface area contributed by atoms with Crippen LogP contribution in [0.3, 0.4) is 0 Å². The number of hydrogen-bond donors (Lipinski definition) is 0. The molecule has 1 aliphatic heterocycles. The molecule has 0 unspecified atom stereocenters. The zero-order chi connectivity index (χ0) is 21.3. The molecule has 0 radical (unpaired) electrons. The highest BCUT2D eigenvalue weighted by Gasteiger charge is 2.21. The lowest BCUT2D eigenvalue weighted by Gasteiger charge is -2.26. The number of nitrogens with zero attached hydrogens (tertiary/aromatic N) is 4. The summed E-state index contributed by atoms with van der Waals surface area (Å²) < 4.78 is 1.88. The molecular weight excluding hydrogens is 392 g/mol. The predicted molar refractivity (Wildman–Crippen MR) is 130 cm³/mol. The highest BCUT2D eigenvalue weighted by molar-refractivity contribution is 5.94. The van der Waals surface area contributed by atoms with Crippen molar-refractivity contribution in [3.63, 3.8) is 0 Å². The van der Waals surface area contributed by atoms with Gasteiger partial charge in [-0.2, -0.15) is 5.10 Å². The van der Waals surface area contributed by atoms with Gasteiger partial charge in [0.15, 0.2) is 0 Å². The van der Waals surface area contributed by atoms with E-state index in [0.717, 1.165) is 45.1 Å². The van der Waals surface area contributed by atoms with E-state index in [9.17, 15) is 0 Å². The SMILES string of the molecule is C1=Cc2ccc(-c3cccc(-n4cccn4)c3)cc2N(c2ccccn2)c2ccccc21. The van der Waals surface area contributed by atoms with Crippen molar-refractivity contribution in [1.82, 2.24) is 14.8 Å². The molecule has 0 spiro atoms. The van der Waals surface area contributed by atoms with E-state index in [1.54, 1.807) is 6.20 Å². The number of para-hydroxylation sites is 1. The van der Waals surface area contributed by atoms with Gasteiger partial charge in [0, 0.05) is 18.6 Å². The van der Waals surface area contributed by atoms with E-state index < -0.39 is 0 Å². The smallest absolute Gasteiger partial charge is 0.137 e. The molecule has 0 amide bonds. The van der Waals surface area contributed by atoms with Crippen LogP contribution in [0, 0.1) is 0 Å². The van der Waals surface area contributed by atoms with Gasteiger partial charge >= 0.3 is 0 Å². The highest BCUT2D eigenvalue weighted by Crippen LogP contribution is 2.42. The molecule has 5 aromatic rings. The standard InChI is InChI=1S/C28H20N4/c1-2-10-26-21(7-1)12-13-22-14-15-24(20-27(22)32(26)28-11-3-4-16-29-28)23-8-5-9-25(19-23)31-18-6-17-30-31/h1-20H. The van der Waals surface area contributed by atoms with E-state index >= 15 is 0 Å². The summed E-state index contributed by atoms with van der Waals surface area (Å²) in [5.74, 6) is 0.896. The second kappa shape index (κ2) is 7.67. The van der Waals surface area contributed by atoms with Crippen LogP contribution in [0.2, 0.25) is 0 Å². The molecule has 32 heavy (non-hydrogen) atoms. The van der Waals surface area contributed by atoms with Crippen LogP contribution in [0.15, 0.2) is 110 Å². The molecule has 0 aliphatic carbocycles. The molecule has 6 rings (SSSR count). The van der Waals surface area contributed by atoms with E-state index in [4.69, 9.17) is 0 Å². The van der Waals surface area contributed by atoms with Gasteiger partial charge in [0.25, 0.3) is 0 Å². The van der Waals surface area contributed by atoms with Gasteiger partial charge in [-0.15, -0.1) is 0 Å². The fourth-order valence-electron chi connectivity index (χ4n) is 4.18.